The van der Waals surface area contributed by atoms with E-state index in [0.29, 0.717) is 12.5 Å². The first-order chi connectivity index (χ1) is 15.1. The Morgan fingerprint density at radius 3 is 2.74 bits per heavy atom. The summed E-state index contributed by atoms with van der Waals surface area (Å²) in [6.45, 7) is 4.33. The second-order valence-electron chi connectivity index (χ2n) is 8.24. The molecule has 4 heterocycles. The van der Waals surface area contributed by atoms with Crippen molar-refractivity contribution in [3.8, 4) is 0 Å². The van der Waals surface area contributed by atoms with E-state index in [2.05, 4.69) is 30.5 Å². The lowest BCUT2D eigenvalue weighted by Gasteiger charge is -2.36. The van der Waals surface area contributed by atoms with E-state index < -0.39 is 0 Å². The Morgan fingerprint density at radius 2 is 1.94 bits per heavy atom. The number of carbonyl (C=O) groups is 1. The second kappa shape index (κ2) is 8.36. The number of likely N-dealkylation sites (tertiary alicyclic amines) is 1. The number of para-hydroxylation sites is 1. The summed E-state index contributed by atoms with van der Waals surface area (Å²) in [5.41, 5.74) is 1.89. The number of benzene rings is 1. The predicted octanol–water partition coefficient (Wildman–Crippen LogP) is 3.57. The van der Waals surface area contributed by atoms with Crippen LogP contribution in [-0.2, 0) is 11.3 Å². The molecule has 4 aromatic rings. The van der Waals surface area contributed by atoms with Crippen LogP contribution in [0.15, 0.2) is 48.7 Å². The number of fused-ring (bicyclic) bond motifs is 2. The lowest BCUT2D eigenvalue weighted by Crippen LogP contribution is -2.48. The normalized spacial score (nSPS) is 16.7. The highest BCUT2D eigenvalue weighted by Crippen LogP contribution is 2.28. The van der Waals surface area contributed by atoms with Crippen LogP contribution in [0.25, 0.3) is 15.9 Å². The first-order valence-electron chi connectivity index (χ1n) is 10.7. The first-order valence-corrected chi connectivity index (χ1v) is 11.5. The van der Waals surface area contributed by atoms with Gasteiger partial charge in [0.05, 0.1) is 22.8 Å². The van der Waals surface area contributed by atoms with Gasteiger partial charge in [-0.3, -0.25) is 14.1 Å². The van der Waals surface area contributed by atoms with Crippen LogP contribution >= 0.6 is 11.3 Å². The second-order valence-corrected chi connectivity index (χ2v) is 9.36. The molecule has 1 aliphatic rings. The maximum Gasteiger partial charge on any atom is 0.239 e. The first kappa shape index (κ1) is 20.1. The van der Waals surface area contributed by atoms with Crippen molar-refractivity contribution in [2.75, 3.05) is 20.1 Å². The molecule has 0 spiro atoms. The van der Waals surface area contributed by atoms with E-state index >= 15 is 0 Å². The van der Waals surface area contributed by atoms with Gasteiger partial charge < -0.3 is 4.90 Å². The van der Waals surface area contributed by atoms with Crippen LogP contribution in [0.5, 0.6) is 0 Å². The maximum atomic E-state index is 13.1. The van der Waals surface area contributed by atoms with E-state index in [9.17, 15) is 4.79 Å². The van der Waals surface area contributed by atoms with Crippen molar-refractivity contribution in [2.45, 2.75) is 38.3 Å². The fourth-order valence-electron chi connectivity index (χ4n) is 4.43. The largest absolute Gasteiger partial charge is 0.338 e. The number of thiazole rings is 1. The molecule has 0 radical (unpaired) electrons. The molecule has 0 aliphatic carbocycles. The fourth-order valence-corrected chi connectivity index (χ4v) is 5.45. The molecule has 0 bridgehead atoms. The average Bonchev–Trinajstić information content (AvgIpc) is 3.41. The van der Waals surface area contributed by atoms with Crippen LogP contribution in [0.1, 0.15) is 36.5 Å². The number of carbonyl (C=O) groups excluding carboxylic acids is 1. The molecule has 1 atom stereocenters. The van der Waals surface area contributed by atoms with Crippen molar-refractivity contribution >= 4 is 33.1 Å². The molecule has 160 valence electrons. The fraction of sp³-hybridized carbons (Fsp3) is 0.391. The highest BCUT2D eigenvalue weighted by Gasteiger charge is 2.30. The van der Waals surface area contributed by atoms with E-state index in [1.807, 2.05) is 56.6 Å². The van der Waals surface area contributed by atoms with Gasteiger partial charge in [0.25, 0.3) is 0 Å². The number of pyridine rings is 1. The molecule has 5 rings (SSSR count). The summed E-state index contributed by atoms with van der Waals surface area (Å²) >= 11 is 1.66. The van der Waals surface area contributed by atoms with Crippen molar-refractivity contribution in [3.63, 3.8) is 0 Å². The summed E-state index contributed by atoms with van der Waals surface area (Å²) in [6, 6.07) is 13.9. The minimum Gasteiger partial charge on any atom is -0.338 e. The molecule has 1 fully saturated rings. The van der Waals surface area contributed by atoms with Gasteiger partial charge in [-0.25, -0.2) is 4.98 Å². The molecular weight excluding hydrogens is 408 g/mol. The third kappa shape index (κ3) is 3.93. The van der Waals surface area contributed by atoms with Crippen molar-refractivity contribution in [1.82, 2.24) is 29.4 Å². The van der Waals surface area contributed by atoms with Crippen LogP contribution in [0.3, 0.4) is 0 Å². The third-order valence-electron chi connectivity index (χ3n) is 6.23. The Bertz CT molecular complexity index is 1180. The summed E-state index contributed by atoms with van der Waals surface area (Å²) in [7, 11) is 1.87. The number of aromatic nitrogens is 4. The highest BCUT2D eigenvalue weighted by atomic mass is 32.1. The summed E-state index contributed by atoms with van der Waals surface area (Å²) in [5, 5.41) is 9.69. The molecule has 8 heteroatoms. The number of rotatable bonds is 5. The standard InChI is InChI=1S/C23H26N6OS/c1-16(23(30)27(2)15-21-24-18-7-3-4-8-19(18)31-21)28-13-10-17(11-14-28)22-26-25-20-9-5-6-12-29(20)22/h3-9,12,16-17H,10-11,13-15H2,1-2H3. The highest BCUT2D eigenvalue weighted by molar-refractivity contribution is 7.18. The van der Waals surface area contributed by atoms with Gasteiger partial charge in [-0.15, -0.1) is 21.5 Å². The number of amides is 1. The molecule has 0 saturated carbocycles. The van der Waals surface area contributed by atoms with E-state index in [0.717, 1.165) is 52.6 Å². The van der Waals surface area contributed by atoms with Crippen LogP contribution in [-0.4, -0.2) is 61.5 Å². The van der Waals surface area contributed by atoms with E-state index in [1.54, 1.807) is 16.2 Å². The zero-order valence-electron chi connectivity index (χ0n) is 17.8. The molecule has 31 heavy (non-hydrogen) atoms. The monoisotopic (exact) mass is 434 g/mol. The van der Waals surface area contributed by atoms with E-state index in [4.69, 9.17) is 0 Å². The Labute approximate surface area is 185 Å². The lowest BCUT2D eigenvalue weighted by molar-refractivity contribution is -0.136. The SMILES string of the molecule is CC(C(=O)N(C)Cc1nc2ccccc2s1)N1CCC(c2nnc3ccccn23)CC1. The third-order valence-corrected chi connectivity index (χ3v) is 7.25. The Balaban J connectivity index is 1.20. The van der Waals surface area contributed by atoms with Gasteiger partial charge in [-0.2, -0.15) is 0 Å². The van der Waals surface area contributed by atoms with Crippen LogP contribution in [0.2, 0.25) is 0 Å². The molecule has 7 nitrogen and oxygen atoms in total. The Kier molecular flexibility index (Phi) is 5.41. The molecule has 1 aromatic carbocycles. The number of hydrogen-bond acceptors (Lipinski definition) is 6. The summed E-state index contributed by atoms with van der Waals surface area (Å²) in [6.07, 6.45) is 3.99. The number of nitrogens with zero attached hydrogens (tertiary/aromatic N) is 6. The summed E-state index contributed by atoms with van der Waals surface area (Å²) in [5.74, 6) is 1.55. The van der Waals surface area contributed by atoms with Gasteiger partial charge in [-0.1, -0.05) is 18.2 Å². The van der Waals surface area contributed by atoms with Crippen molar-refractivity contribution < 1.29 is 4.79 Å². The predicted molar refractivity (Wildman–Crippen MR) is 122 cm³/mol. The van der Waals surface area contributed by atoms with Crippen molar-refractivity contribution in [1.29, 1.82) is 0 Å². The lowest BCUT2D eigenvalue weighted by atomic mass is 9.95. The smallest absolute Gasteiger partial charge is 0.239 e. The van der Waals surface area contributed by atoms with Crippen molar-refractivity contribution in [3.05, 3.63) is 59.5 Å². The minimum atomic E-state index is -0.143. The van der Waals surface area contributed by atoms with Gasteiger partial charge in [0, 0.05) is 19.2 Å². The van der Waals surface area contributed by atoms with Gasteiger partial charge in [0.2, 0.25) is 5.91 Å². The molecular formula is C23H26N6OS. The zero-order chi connectivity index (χ0) is 21.4. The minimum absolute atomic E-state index is 0.143. The van der Waals surface area contributed by atoms with Crippen LogP contribution in [0, 0.1) is 0 Å². The van der Waals surface area contributed by atoms with E-state index in [1.165, 1.54) is 0 Å². The molecule has 3 aromatic heterocycles. The van der Waals surface area contributed by atoms with Gasteiger partial charge in [-0.05, 0) is 57.1 Å². The Hall–Kier alpha value is -2.84. The summed E-state index contributed by atoms with van der Waals surface area (Å²) < 4.78 is 3.25. The quantitative estimate of drug-likeness (QED) is 0.480. The number of piperidine rings is 1. The van der Waals surface area contributed by atoms with Crippen molar-refractivity contribution in [2.24, 2.45) is 0 Å². The molecule has 1 saturated heterocycles. The maximum absolute atomic E-state index is 13.1. The number of likely N-dealkylation sites (N-methyl/N-ethyl adjacent to an activating group) is 1. The average molecular weight is 435 g/mol. The van der Waals surface area contributed by atoms with Gasteiger partial charge >= 0.3 is 0 Å². The molecule has 1 aliphatic heterocycles. The summed E-state index contributed by atoms with van der Waals surface area (Å²) in [4.78, 5) is 21.8. The zero-order valence-corrected chi connectivity index (χ0v) is 18.6. The topological polar surface area (TPSA) is 66.6 Å². The molecule has 1 unspecified atom stereocenters. The van der Waals surface area contributed by atoms with Crippen LogP contribution < -0.4 is 0 Å². The van der Waals surface area contributed by atoms with Gasteiger partial charge in [0.1, 0.15) is 10.8 Å². The van der Waals surface area contributed by atoms with Crippen LogP contribution in [0.4, 0.5) is 0 Å². The van der Waals surface area contributed by atoms with E-state index in [-0.39, 0.29) is 11.9 Å². The van der Waals surface area contributed by atoms with Gasteiger partial charge in [0.15, 0.2) is 5.65 Å². The Morgan fingerprint density at radius 1 is 1.16 bits per heavy atom. The number of hydrogen-bond donors (Lipinski definition) is 0. The molecule has 0 N–H and O–H groups in total. The molecule has 1 amide bonds.